The van der Waals surface area contributed by atoms with E-state index in [0.29, 0.717) is 23.6 Å². The number of amides is 2. The number of rotatable bonds is 11. The molecule has 2 aromatic carbocycles. The van der Waals surface area contributed by atoms with Crippen LogP contribution in [0, 0.1) is 29.2 Å². The number of nitrogens with one attached hydrogen (secondary N) is 2. The Hall–Kier alpha value is -3.32. The Balaban J connectivity index is 1.56. The lowest BCUT2D eigenvalue weighted by molar-refractivity contribution is -0.142. The van der Waals surface area contributed by atoms with E-state index in [-0.39, 0.29) is 43.0 Å². The van der Waals surface area contributed by atoms with E-state index < -0.39 is 58.5 Å². The van der Waals surface area contributed by atoms with Gasteiger partial charge in [-0.15, -0.1) is 11.8 Å². The number of anilines is 1. The van der Waals surface area contributed by atoms with Crippen molar-refractivity contribution in [2.75, 3.05) is 24.7 Å². The zero-order valence-electron chi connectivity index (χ0n) is 22.3. The summed E-state index contributed by atoms with van der Waals surface area (Å²) >= 11 is 1.23. The van der Waals surface area contributed by atoms with Gasteiger partial charge in [0, 0.05) is 48.6 Å². The highest BCUT2D eigenvalue weighted by Gasteiger charge is 2.35. The van der Waals surface area contributed by atoms with Gasteiger partial charge < -0.3 is 26.0 Å². The minimum Gasteiger partial charge on any atom is -0.467 e. The number of methoxy groups -OCH3 is 1. The molecule has 4 N–H and O–H groups in total. The molecule has 2 amide bonds. The van der Waals surface area contributed by atoms with E-state index >= 15 is 0 Å². The smallest absolute Gasteiger partial charge is 0.328 e. The third-order valence-electron chi connectivity index (χ3n) is 6.39. The highest BCUT2D eigenvalue weighted by Crippen LogP contribution is 2.26. The lowest BCUT2D eigenvalue weighted by atomic mass is 10.0. The molecule has 1 heterocycles. The second-order valence-electron chi connectivity index (χ2n) is 9.75. The first-order valence-corrected chi connectivity index (χ1v) is 13.7. The fourth-order valence-corrected chi connectivity index (χ4v) is 5.38. The Morgan fingerprint density at radius 2 is 1.73 bits per heavy atom. The van der Waals surface area contributed by atoms with Crippen LogP contribution in [-0.2, 0) is 32.1 Å². The number of esters is 1. The summed E-state index contributed by atoms with van der Waals surface area (Å²) in [7, 11) is 1.27. The van der Waals surface area contributed by atoms with Gasteiger partial charge in [-0.05, 0) is 36.1 Å². The largest absolute Gasteiger partial charge is 0.467 e. The van der Waals surface area contributed by atoms with Gasteiger partial charge in [-0.3, -0.25) is 9.59 Å². The van der Waals surface area contributed by atoms with Gasteiger partial charge in [-0.2, -0.15) is 0 Å². The minimum absolute atomic E-state index is 0.106. The van der Waals surface area contributed by atoms with Crippen molar-refractivity contribution in [3.63, 3.8) is 0 Å². The van der Waals surface area contributed by atoms with Crippen LogP contribution >= 0.6 is 11.8 Å². The van der Waals surface area contributed by atoms with Gasteiger partial charge in [-0.1, -0.05) is 19.9 Å². The van der Waals surface area contributed by atoms with Crippen LogP contribution in [0.2, 0.25) is 0 Å². The zero-order chi connectivity index (χ0) is 29.6. The van der Waals surface area contributed by atoms with E-state index in [1.165, 1.54) is 35.9 Å². The molecule has 8 nitrogen and oxygen atoms in total. The monoisotopic (exact) mass is 584 g/mol. The van der Waals surface area contributed by atoms with Crippen molar-refractivity contribution < 1.29 is 36.7 Å². The quantitative estimate of drug-likeness (QED) is 0.211. The van der Waals surface area contributed by atoms with E-state index in [1.54, 1.807) is 6.07 Å². The summed E-state index contributed by atoms with van der Waals surface area (Å²) < 4.78 is 60.1. The molecule has 218 valence electrons. The van der Waals surface area contributed by atoms with Crippen LogP contribution in [-0.4, -0.2) is 59.5 Å². The molecule has 40 heavy (non-hydrogen) atoms. The fourth-order valence-electron chi connectivity index (χ4n) is 4.21. The molecule has 0 saturated carbocycles. The first kappa shape index (κ1) is 31.2. The summed E-state index contributed by atoms with van der Waals surface area (Å²) in [5.41, 5.74) is 6.40. The maximum atomic E-state index is 14.8. The molecule has 0 unspecified atom stereocenters. The van der Waals surface area contributed by atoms with Crippen molar-refractivity contribution in [3.05, 3.63) is 64.7 Å². The lowest BCUT2D eigenvalue weighted by Gasteiger charge is -2.24. The summed E-state index contributed by atoms with van der Waals surface area (Å²) in [5.74, 6) is -5.14. The van der Waals surface area contributed by atoms with Crippen LogP contribution in [0.15, 0.2) is 30.3 Å². The minimum atomic E-state index is -1.32. The van der Waals surface area contributed by atoms with Crippen molar-refractivity contribution in [2.45, 2.75) is 50.7 Å². The molecule has 0 bridgehead atoms. The van der Waals surface area contributed by atoms with Gasteiger partial charge in [-0.25, -0.2) is 22.4 Å². The van der Waals surface area contributed by atoms with Crippen LogP contribution in [0.5, 0.6) is 0 Å². The summed E-state index contributed by atoms with van der Waals surface area (Å²) in [4.78, 5) is 39.0. The van der Waals surface area contributed by atoms with Gasteiger partial charge in [0.1, 0.15) is 17.7 Å². The lowest BCUT2D eigenvalue weighted by Crippen LogP contribution is -2.46. The van der Waals surface area contributed by atoms with Crippen LogP contribution in [0.4, 0.5) is 23.2 Å². The van der Waals surface area contributed by atoms with Gasteiger partial charge >= 0.3 is 5.97 Å². The number of carbonyl (C=O) groups excluding carboxylic acids is 3. The Bertz CT molecular complexity index is 1250. The van der Waals surface area contributed by atoms with Gasteiger partial charge in [0.2, 0.25) is 5.91 Å². The topological polar surface area (TPSA) is 114 Å². The SMILES string of the molecule is COC(=O)[C@@H](Nc1ccc(CNC(=O)[C@@H]2SCCN2C(=O)C[C@H](N)Cc2cc(F)c(F)cc2F)c(F)c1)C(C)C. The standard InChI is InChI=1S/C27H32F4N4O4S/c1-14(2)24(27(38)39-3)34-18-5-4-15(19(28)11-18)13-33-25(37)26-35(6-7-40-26)23(36)10-17(32)8-16-9-21(30)22(31)12-20(16)29/h4-5,9,11-12,14,17,24,26,34H,6-8,10,13,32H2,1-3H3,(H,33,37)/t17-,24+,26+/m1/s1. The Labute approximate surface area is 234 Å². The molecule has 1 saturated heterocycles. The number of hydrogen-bond donors (Lipinski definition) is 3. The van der Waals surface area contributed by atoms with E-state index in [9.17, 15) is 31.9 Å². The second-order valence-corrected chi connectivity index (χ2v) is 10.9. The Morgan fingerprint density at radius 3 is 2.38 bits per heavy atom. The summed E-state index contributed by atoms with van der Waals surface area (Å²) in [6.07, 6.45) is -0.441. The fraction of sp³-hybridized carbons (Fsp3) is 0.444. The molecule has 13 heteroatoms. The summed E-state index contributed by atoms with van der Waals surface area (Å²) in [5, 5.41) is 4.72. The van der Waals surface area contributed by atoms with E-state index in [2.05, 4.69) is 10.6 Å². The van der Waals surface area contributed by atoms with Crippen molar-refractivity contribution in [1.82, 2.24) is 10.2 Å². The third kappa shape index (κ3) is 7.87. The molecule has 0 radical (unpaired) electrons. The number of nitrogens with zero attached hydrogens (tertiary/aromatic N) is 1. The van der Waals surface area contributed by atoms with Gasteiger partial charge in [0.25, 0.3) is 5.91 Å². The van der Waals surface area contributed by atoms with Crippen LogP contribution < -0.4 is 16.4 Å². The maximum absolute atomic E-state index is 14.8. The molecule has 1 fully saturated rings. The highest BCUT2D eigenvalue weighted by atomic mass is 32.2. The van der Waals surface area contributed by atoms with Crippen LogP contribution in [0.25, 0.3) is 0 Å². The molecular weight excluding hydrogens is 552 g/mol. The molecule has 0 aliphatic carbocycles. The normalized spacial score (nSPS) is 16.5. The van der Waals surface area contributed by atoms with Gasteiger partial charge in [0.15, 0.2) is 17.0 Å². The highest BCUT2D eigenvalue weighted by molar-refractivity contribution is 8.00. The molecule has 0 aromatic heterocycles. The number of halogens is 4. The van der Waals surface area contributed by atoms with Crippen LogP contribution in [0.1, 0.15) is 31.4 Å². The zero-order valence-corrected chi connectivity index (χ0v) is 23.1. The molecular formula is C27H32F4N4O4S. The number of thioether (sulfide) groups is 1. The maximum Gasteiger partial charge on any atom is 0.328 e. The molecule has 0 spiro atoms. The van der Waals surface area contributed by atoms with E-state index in [1.807, 2.05) is 13.8 Å². The first-order chi connectivity index (χ1) is 18.9. The second kappa shape index (κ2) is 13.8. The molecule has 1 aliphatic heterocycles. The molecule has 3 rings (SSSR count). The average Bonchev–Trinajstić information content (AvgIpc) is 3.39. The Kier molecular flexibility index (Phi) is 10.8. The number of benzene rings is 2. The number of nitrogens with two attached hydrogens (primary N) is 1. The first-order valence-electron chi connectivity index (χ1n) is 12.6. The van der Waals surface area contributed by atoms with Crippen molar-refractivity contribution in [1.29, 1.82) is 0 Å². The molecule has 3 atom stereocenters. The predicted octanol–water partition coefficient (Wildman–Crippen LogP) is 3.33. The Morgan fingerprint density at radius 1 is 1.05 bits per heavy atom. The van der Waals surface area contributed by atoms with Crippen molar-refractivity contribution >= 4 is 35.2 Å². The van der Waals surface area contributed by atoms with E-state index in [4.69, 9.17) is 10.5 Å². The molecule has 2 aromatic rings. The summed E-state index contributed by atoms with van der Waals surface area (Å²) in [6.45, 7) is 3.79. The summed E-state index contributed by atoms with van der Waals surface area (Å²) in [6, 6.07) is 3.86. The van der Waals surface area contributed by atoms with Crippen molar-refractivity contribution in [3.8, 4) is 0 Å². The number of hydrogen-bond acceptors (Lipinski definition) is 7. The number of carbonyl (C=O) groups is 3. The third-order valence-corrected chi connectivity index (χ3v) is 7.60. The number of ether oxygens (including phenoxy) is 1. The van der Waals surface area contributed by atoms with Crippen molar-refractivity contribution in [2.24, 2.45) is 11.7 Å². The van der Waals surface area contributed by atoms with Crippen LogP contribution in [0.3, 0.4) is 0 Å². The van der Waals surface area contributed by atoms with E-state index in [0.717, 1.165) is 0 Å². The predicted molar refractivity (Wildman–Crippen MR) is 143 cm³/mol. The van der Waals surface area contributed by atoms with Gasteiger partial charge in [0.05, 0.1) is 7.11 Å². The average molecular weight is 585 g/mol. The molecule has 1 aliphatic rings.